The summed E-state index contributed by atoms with van der Waals surface area (Å²) in [5.41, 5.74) is 0. The lowest BCUT2D eigenvalue weighted by Crippen LogP contribution is -2.30. The maximum atomic E-state index is 12.9. The van der Waals surface area contributed by atoms with Gasteiger partial charge in [-0.3, -0.25) is 14.4 Å². The van der Waals surface area contributed by atoms with Gasteiger partial charge in [0.2, 0.25) is 0 Å². The zero-order chi connectivity index (χ0) is 59.9. The van der Waals surface area contributed by atoms with Gasteiger partial charge in [0, 0.05) is 12.8 Å². The van der Waals surface area contributed by atoms with E-state index in [4.69, 9.17) is 14.2 Å². The van der Waals surface area contributed by atoms with E-state index in [1.807, 2.05) is 6.08 Å². The highest BCUT2D eigenvalue weighted by Gasteiger charge is 2.19. The first-order valence-corrected chi connectivity index (χ1v) is 34.7. The fourth-order valence-electron chi connectivity index (χ4n) is 9.58. The molecule has 0 heterocycles. The van der Waals surface area contributed by atoms with Crippen LogP contribution in [0.4, 0.5) is 0 Å². The van der Waals surface area contributed by atoms with Gasteiger partial charge in [-0.1, -0.05) is 334 Å². The van der Waals surface area contributed by atoms with Crippen molar-refractivity contribution in [3.05, 3.63) is 134 Å². The van der Waals surface area contributed by atoms with Crippen LogP contribution in [-0.4, -0.2) is 37.2 Å². The Kier molecular flexibility index (Phi) is 66.3. The average molecular weight is 1150 g/mol. The molecule has 0 spiro atoms. The summed E-state index contributed by atoms with van der Waals surface area (Å²) >= 11 is 0. The molecule has 0 bridgehead atoms. The van der Waals surface area contributed by atoms with Gasteiger partial charge in [0.1, 0.15) is 13.2 Å². The van der Waals surface area contributed by atoms with Crippen LogP contribution in [-0.2, 0) is 28.6 Å². The fourth-order valence-corrected chi connectivity index (χ4v) is 9.58. The van der Waals surface area contributed by atoms with Crippen LogP contribution in [0.25, 0.3) is 0 Å². The number of rotatable bonds is 62. The number of allylic oxidation sites excluding steroid dienone is 21. The molecule has 0 aliphatic rings. The minimum absolute atomic E-state index is 0.117. The van der Waals surface area contributed by atoms with Crippen molar-refractivity contribution < 1.29 is 28.6 Å². The van der Waals surface area contributed by atoms with Crippen molar-refractivity contribution in [1.29, 1.82) is 0 Å². The van der Waals surface area contributed by atoms with E-state index < -0.39 is 12.1 Å². The van der Waals surface area contributed by atoms with Gasteiger partial charge in [-0.15, -0.1) is 0 Å². The SMILES string of the molecule is CC/C=C\C/C=C\C/C=C\C/C=C\C/C=C\C/C=C\CCCCCCC(=O)OC(COC(=O)C/C=C\C/C=C\C/C=C\C/C=C\C/C=C\CC)COC(=O)CCCCCCCCCCCCCCCCCCCCCCCCCCCCC. The first-order valence-electron chi connectivity index (χ1n) is 34.7. The number of ether oxygens (including phenoxy) is 3. The second kappa shape index (κ2) is 70.0. The molecule has 1 unspecified atom stereocenters. The summed E-state index contributed by atoms with van der Waals surface area (Å²) < 4.78 is 16.8. The van der Waals surface area contributed by atoms with Crippen LogP contribution in [0.1, 0.15) is 316 Å². The van der Waals surface area contributed by atoms with Gasteiger partial charge in [-0.05, 0) is 96.3 Å². The maximum absolute atomic E-state index is 12.9. The normalized spacial score (nSPS) is 13.0. The summed E-state index contributed by atoms with van der Waals surface area (Å²) in [5.74, 6) is -1.07. The van der Waals surface area contributed by atoms with E-state index in [2.05, 4.69) is 142 Å². The molecule has 0 aromatic heterocycles. The summed E-state index contributed by atoms with van der Waals surface area (Å²) in [7, 11) is 0. The fraction of sp³-hybridized carbons (Fsp3) is 0.675. The molecule has 83 heavy (non-hydrogen) atoms. The highest BCUT2D eigenvalue weighted by Crippen LogP contribution is 2.17. The van der Waals surface area contributed by atoms with Crippen LogP contribution in [0.3, 0.4) is 0 Å². The molecular weight excluding hydrogens is 1020 g/mol. The number of hydrogen-bond donors (Lipinski definition) is 0. The van der Waals surface area contributed by atoms with E-state index in [1.54, 1.807) is 6.08 Å². The number of carbonyl (C=O) groups is 3. The van der Waals surface area contributed by atoms with Crippen LogP contribution < -0.4 is 0 Å². The largest absolute Gasteiger partial charge is 0.462 e. The molecule has 0 amide bonds. The third-order valence-corrected chi connectivity index (χ3v) is 14.7. The molecule has 0 N–H and O–H groups in total. The summed E-state index contributed by atoms with van der Waals surface area (Å²) in [6.45, 7) is 6.33. The monoisotopic (exact) mass is 1150 g/mol. The Morgan fingerprint density at radius 1 is 0.265 bits per heavy atom. The van der Waals surface area contributed by atoms with E-state index in [9.17, 15) is 14.4 Å². The van der Waals surface area contributed by atoms with Gasteiger partial charge in [-0.2, -0.15) is 0 Å². The second-order valence-corrected chi connectivity index (χ2v) is 22.7. The van der Waals surface area contributed by atoms with E-state index in [1.165, 1.54) is 154 Å². The Labute approximate surface area is 513 Å². The molecule has 0 aromatic carbocycles. The van der Waals surface area contributed by atoms with E-state index >= 15 is 0 Å². The molecule has 0 saturated carbocycles. The smallest absolute Gasteiger partial charge is 0.309 e. The number of carbonyl (C=O) groups excluding carboxylic acids is 3. The molecule has 0 rings (SSSR count). The van der Waals surface area contributed by atoms with Crippen molar-refractivity contribution in [2.24, 2.45) is 0 Å². The molecule has 0 aliphatic carbocycles. The lowest BCUT2D eigenvalue weighted by molar-refractivity contribution is -0.166. The highest BCUT2D eigenvalue weighted by molar-refractivity contribution is 5.72. The van der Waals surface area contributed by atoms with Gasteiger partial charge in [-0.25, -0.2) is 0 Å². The maximum Gasteiger partial charge on any atom is 0.309 e. The van der Waals surface area contributed by atoms with E-state index in [0.717, 1.165) is 122 Å². The van der Waals surface area contributed by atoms with E-state index in [-0.39, 0.29) is 38.0 Å². The van der Waals surface area contributed by atoms with Crippen molar-refractivity contribution in [3.8, 4) is 0 Å². The molecule has 0 radical (unpaired) electrons. The second-order valence-electron chi connectivity index (χ2n) is 22.7. The highest BCUT2D eigenvalue weighted by atomic mass is 16.6. The van der Waals surface area contributed by atoms with Gasteiger partial charge >= 0.3 is 17.9 Å². The van der Waals surface area contributed by atoms with Crippen LogP contribution in [0.5, 0.6) is 0 Å². The first-order chi connectivity index (χ1) is 41.0. The number of hydrogen-bond acceptors (Lipinski definition) is 6. The zero-order valence-electron chi connectivity index (χ0n) is 54.2. The lowest BCUT2D eigenvalue weighted by atomic mass is 10.0. The molecule has 0 aromatic rings. The summed E-state index contributed by atoms with van der Waals surface area (Å²) in [5, 5.41) is 0. The zero-order valence-corrected chi connectivity index (χ0v) is 54.2. The molecule has 0 saturated heterocycles. The molecule has 1 atom stereocenters. The Morgan fingerprint density at radius 3 is 0.843 bits per heavy atom. The lowest BCUT2D eigenvalue weighted by Gasteiger charge is -2.18. The van der Waals surface area contributed by atoms with Crippen molar-refractivity contribution in [2.45, 2.75) is 322 Å². The van der Waals surface area contributed by atoms with Gasteiger partial charge in [0.15, 0.2) is 6.10 Å². The number of unbranched alkanes of at least 4 members (excludes halogenated alkanes) is 30. The topological polar surface area (TPSA) is 78.9 Å². The Hall–Kier alpha value is -4.45. The third-order valence-electron chi connectivity index (χ3n) is 14.7. The summed E-state index contributed by atoms with van der Waals surface area (Å²) in [6.07, 6.45) is 99.4. The molecule has 0 aliphatic heterocycles. The van der Waals surface area contributed by atoms with Crippen molar-refractivity contribution in [2.75, 3.05) is 13.2 Å². The van der Waals surface area contributed by atoms with Crippen LogP contribution >= 0.6 is 0 Å². The minimum Gasteiger partial charge on any atom is -0.462 e. The van der Waals surface area contributed by atoms with Crippen LogP contribution in [0.15, 0.2) is 134 Å². The Balaban J connectivity index is 4.41. The van der Waals surface area contributed by atoms with Gasteiger partial charge in [0.05, 0.1) is 6.42 Å². The molecule has 0 fully saturated rings. The number of esters is 3. The molecule has 6 heteroatoms. The third kappa shape index (κ3) is 68.2. The van der Waals surface area contributed by atoms with Crippen LogP contribution in [0.2, 0.25) is 0 Å². The Morgan fingerprint density at radius 2 is 0.518 bits per heavy atom. The van der Waals surface area contributed by atoms with Crippen molar-refractivity contribution >= 4 is 17.9 Å². The average Bonchev–Trinajstić information content (AvgIpc) is 3.49. The Bertz CT molecular complexity index is 1750. The standard InChI is InChI=1S/C77H128O6/c1-4-7-10-13-16-19-22-25-28-30-32-34-36-37-38-39-41-42-44-46-49-52-55-58-61-64-67-70-76(79)82-73-74(72-81-75(78)69-66-63-60-57-54-51-48-27-24-21-18-15-12-9-6-3)83-77(80)71-68-65-62-59-56-53-50-47-45-43-40-35-33-31-29-26-23-20-17-14-11-8-5-2/h8-9,11-12,17-18,20-21,26-27,29,33,35,43,45,48,50,53-54,57,63,66,74H,4-7,10,13-16,19,22-25,28,30-32,34,36-42,44,46-47,49,51-52,55-56,58-62,64-65,67-73H2,1-3H3/b11-8-,12-9-,20-17-,21-18-,29-26-,35-33-,45-43-,48-27-,53-50-,57-54-,66-63-. The summed E-state index contributed by atoms with van der Waals surface area (Å²) in [6, 6.07) is 0. The predicted molar refractivity (Wildman–Crippen MR) is 362 cm³/mol. The quantitative estimate of drug-likeness (QED) is 0.0261. The van der Waals surface area contributed by atoms with Gasteiger partial charge in [0.25, 0.3) is 0 Å². The summed E-state index contributed by atoms with van der Waals surface area (Å²) in [4.78, 5) is 38.3. The molecular formula is C77H128O6. The first kappa shape index (κ1) is 78.5. The van der Waals surface area contributed by atoms with E-state index in [0.29, 0.717) is 6.42 Å². The molecule has 472 valence electrons. The van der Waals surface area contributed by atoms with Gasteiger partial charge < -0.3 is 14.2 Å². The predicted octanol–water partition coefficient (Wildman–Crippen LogP) is 24.1. The molecule has 6 nitrogen and oxygen atoms in total. The van der Waals surface area contributed by atoms with Crippen molar-refractivity contribution in [1.82, 2.24) is 0 Å². The minimum atomic E-state index is -0.837. The van der Waals surface area contributed by atoms with Crippen LogP contribution in [0, 0.1) is 0 Å². The van der Waals surface area contributed by atoms with Crippen molar-refractivity contribution in [3.63, 3.8) is 0 Å².